The number of alkyl halides is 4. The lowest BCUT2D eigenvalue weighted by Gasteiger charge is -2.38. The molecule has 1 aliphatic heterocycles. The van der Waals surface area contributed by atoms with E-state index in [1.165, 1.54) is 87.6 Å². The molecule has 2 saturated carbocycles. The van der Waals surface area contributed by atoms with Crippen LogP contribution in [0.2, 0.25) is 0 Å². The zero-order valence-corrected chi connectivity index (χ0v) is 58.3. The number of rotatable bonds is 14. The second kappa shape index (κ2) is 36.1. The van der Waals surface area contributed by atoms with Gasteiger partial charge in [-0.2, -0.15) is 13.2 Å². The van der Waals surface area contributed by atoms with E-state index in [-0.39, 0.29) is 99.8 Å². The monoisotopic (exact) mass is 1310 g/mol. The molecular formula is C65H111ClF3N11O11. The number of nitrogens with one attached hydrogen (secondary N) is 4. The van der Waals surface area contributed by atoms with E-state index < -0.39 is 150 Å². The largest absolute Gasteiger partial charge is 0.391 e. The highest BCUT2D eigenvalue weighted by Crippen LogP contribution is 2.41. The number of unbranched alkanes of at least 4 members (excludes halogenated alkanes) is 1. The van der Waals surface area contributed by atoms with Gasteiger partial charge in [-0.05, 0) is 147 Å². The summed E-state index contributed by atoms with van der Waals surface area (Å²) >= 11 is 6.49. The molecule has 2 aliphatic carbocycles. The first-order valence-corrected chi connectivity index (χ1v) is 33.5. The van der Waals surface area contributed by atoms with E-state index in [4.69, 9.17) is 11.6 Å². The molecule has 0 bridgehead atoms. The molecule has 3 aliphatic rings. The summed E-state index contributed by atoms with van der Waals surface area (Å²) in [7, 11) is 8.47. The third-order valence-electron chi connectivity index (χ3n) is 18.8. The van der Waals surface area contributed by atoms with E-state index in [1.807, 2.05) is 41.5 Å². The maximum atomic E-state index is 15.0. The number of carbonyl (C=O) groups is 11. The fraction of sp³-hybridized carbons (Fsp3) is 0.831. The average molecular weight is 1320 g/mol. The predicted octanol–water partition coefficient (Wildman–Crippen LogP) is 6.11. The van der Waals surface area contributed by atoms with E-state index in [2.05, 4.69) is 21.3 Å². The highest BCUT2D eigenvalue weighted by molar-refractivity contribution is 6.20. The van der Waals surface area contributed by atoms with Gasteiger partial charge in [-0.25, -0.2) is 0 Å². The summed E-state index contributed by atoms with van der Waals surface area (Å²) in [6, 6.07) is -7.86. The molecule has 3 rings (SSSR count). The van der Waals surface area contributed by atoms with E-state index >= 15 is 4.79 Å². The van der Waals surface area contributed by atoms with E-state index in [0.717, 1.165) is 9.80 Å². The summed E-state index contributed by atoms with van der Waals surface area (Å²) in [6.07, 6.45) is 0.571. The van der Waals surface area contributed by atoms with Crippen molar-refractivity contribution in [3.8, 4) is 0 Å². The smallest absolute Gasteiger partial charge is 0.351 e. The fourth-order valence-electron chi connectivity index (χ4n) is 12.3. The van der Waals surface area contributed by atoms with Crippen molar-refractivity contribution in [3.05, 3.63) is 0 Å². The predicted molar refractivity (Wildman–Crippen MR) is 342 cm³/mol. The van der Waals surface area contributed by atoms with Gasteiger partial charge < -0.3 is 55.6 Å². The van der Waals surface area contributed by atoms with Crippen LogP contribution in [0.15, 0.2) is 0 Å². The van der Waals surface area contributed by atoms with Crippen molar-refractivity contribution in [2.24, 2.45) is 35.5 Å². The molecule has 8 atom stereocenters. The molecule has 0 aromatic heterocycles. The van der Waals surface area contributed by atoms with Crippen LogP contribution in [-0.2, 0) is 52.7 Å². The molecule has 1 saturated heterocycles. The summed E-state index contributed by atoms with van der Waals surface area (Å²) in [5.41, 5.74) is -1.70. The Morgan fingerprint density at radius 2 is 1.14 bits per heavy atom. The van der Waals surface area contributed by atoms with Crippen molar-refractivity contribution in [1.29, 1.82) is 0 Å². The summed E-state index contributed by atoms with van der Waals surface area (Å²) < 4.78 is 41.3. The third-order valence-corrected chi connectivity index (χ3v) is 19.3. The normalized spacial score (nSPS) is 28.9. The second-order valence-corrected chi connectivity index (χ2v) is 28.4. The molecule has 4 N–H and O–H groups in total. The molecule has 1 heterocycles. The van der Waals surface area contributed by atoms with E-state index in [0.29, 0.717) is 44.9 Å². The first-order valence-electron chi connectivity index (χ1n) is 33.0. The second-order valence-electron chi connectivity index (χ2n) is 27.8. The Bertz CT molecular complexity index is 2490. The molecule has 3 fully saturated rings. The SMILES string of the molecule is CCCCN1CC(=O)N(C)CC(=O)N(C)[C@@H](CC2CCC(Cl)CC2)C(=O)N(C)CC(=O)N[C@@H](CCC2CCC(C(F)(F)F)CC2)C(=O)N(C)[C@@H](CC(C)C)C(=O)NC(C)(C)C(=O)N(C)[C@@H](CC(C)C)C(=O)N[C@H](C)CC(=O)N(C)[C@@H](C)C(=O)N[C@@H]([C@@H](C)CC)C1=O. The van der Waals surface area contributed by atoms with Crippen LogP contribution in [0.25, 0.3) is 0 Å². The molecule has 0 spiro atoms. The standard InChI is InChI=1S/C65H111ClF3N11O11/c1-18-20-31-80-38-54(83)74(12)37-55(84)77(15)51(35-45-23-28-47(66)29-24-45)61(89)75(13)36-52(81)71-48(30-25-44-21-26-46(27-22-44)65(67,68)69)60(88)78(16)50(33-40(5)6)59(87)73-64(10,11)63(91)79(17)49(32-39(3)4)58(86)70-42(8)34-53(82)76(14)43(9)57(85)72-56(62(80)90)41(7)19-2/h39-51,56H,18-38H2,1-17H3,(H,70,86)(H,71,81)(H,72,85)(H,73,87)/t41-,42+,43-,44?,45?,46?,47?,48-,49-,50-,51-,56-/m0/s1. The van der Waals surface area contributed by atoms with Crippen molar-refractivity contribution < 1.29 is 65.9 Å². The Balaban J connectivity index is 2.19. The maximum Gasteiger partial charge on any atom is 0.391 e. The van der Waals surface area contributed by atoms with Crippen LogP contribution in [0.3, 0.4) is 0 Å². The average Bonchev–Trinajstić information content (AvgIpc) is 3.38. The molecule has 22 nitrogen and oxygen atoms in total. The Morgan fingerprint density at radius 3 is 1.68 bits per heavy atom. The first kappa shape index (κ1) is 79.5. The lowest BCUT2D eigenvalue weighted by molar-refractivity contribution is -0.184. The van der Waals surface area contributed by atoms with Crippen LogP contribution in [0.4, 0.5) is 13.2 Å². The highest BCUT2D eigenvalue weighted by Gasteiger charge is 2.44. The van der Waals surface area contributed by atoms with Crippen molar-refractivity contribution in [3.63, 3.8) is 0 Å². The fourth-order valence-corrected chi connectivity index (χ4v) is 12.6. The van der Waals surface area contributed by atoms with Crippen LogP contribution in [0, 0.1) is 35.5 Å². The Labute approximate surface area is 544 Å². The lowest BCUT2D eigenvalue weighted by atomic mass is 9.79. The van der Waals surface area contributed by atoms with Crippen LogP contribution in [-0.4, -0.2) is 227 Å². The van der Waals surface area contributed by atoms with Gasteiger partial charge in [0.1, 0.15) is 41.8 Å². The molecule has 0 radical (unpaired) electrons. The molecule has 0 unspecified atom stereocenters. The summed E-state index contributed by atoms with van der Waals surface area (Å²) in [6.45, 7) is 17.5. The molecule has 26 heteroatoms. The van der Waals surface area contributed by atoms with E-state index in [9.17, 15) is 61.1 Å². The Kier molecular flexibility index (Phi) is 31.5. The zero-order chi connectivity index (χ0) is 69.2. The van der Waals surface area contributed by atoms with Gasteiger partial charge in [0.25, 0.3) is 0 Å². The molecule has 520 valence electrons. The minimum absolute atomic E-state index is 0.0322. The summed E-state index contributed by atoms with van der Waals surface area (Å²) in [5.74, 6) is -9.52. The number of likely N-dealkylation sites (N-methyl/N-ethyl adjacent to an activating group) is 6. The van der Waals surface area contributed by atoms with Gasteiger partial charge in [-0.15, -0.1) is 11.6 Å². The number of nitrogens with zero attached hydrogens (tertiary/aromatic N) is 7. The van der Waals surface area contributed by atoms with Crippen LogP contribution >= 0.6 is 11.6 Å². The number of halogens is 4. The first-order chi connectivity index (χ1) is 42.3. The summed E-state index contributed by atoms with van der Waals surface area (Å²) in [5, 5.41) is 11.3. The van der Waals surface area contributed by atoms with Gasteiger partial charge in [0.2, 0.25) is 65.0 Å². The molecule has 0 aromatic carbocycles. The number of hydrogen-bond donors (Lipinski definition) is 4. The maximum absolute atomic E-state index is 15.0. The Morgan fingerprint density at radius 1 is 0.582 bits per heavy atom. The van der Waals surface area contributed by atoms with E-state index in [1.54, 1.807) is 13.8 Å². The van der Waals surface area contributed by atoms with Crippen LogP contribution < -0.4 is 21.3 Å². The van der Waals surface area contributed by atoms with Gasteiger partial charge >= 0.3 is 6.18 Å². The minimum Gasteiger partial charge on any atom is -0.351 e. The Hall–Kier alpha value is -5.75. The quantitative estimate of drug-likeness (QED) is 0.144. The number of carbonyl (C=O) groups excluding carboxylic acids is 11. The van der Waals surface area contributed by atoms with Crippen LogP contribution in [0.5, 0.6) is 0 Å². The van der Waals surface area contributed by atoms with Crippen molar-refractivity contribution >= 4 is 76.6 Å². The van der Waals surface area contributed by atoms with Crippen molar-refractivity contribution in [2.45, 2.75) is 245 Å². The van der Waals surface area contributed by atoms with Gasteiger partial charge in [-0.1, -0.05) is 61.3 Å². The summed E-state index contributed by atoms with van der Waals surface area (Å²) in [4.78, 5) is 168. The molecular weight excluding hydrogens is 1200 g/mol. The lowest BCUT2D eigenvalue weighted by Crippen LogP contribution is -2.63. The van der Waals surface area contributed by atoms with Crippen molar-refractivity contribution in [1.82, 2.24) is 55.6 Å². The number of hydrogen-bond acceptors (Lipinski definition) is 11. The molecule has 0 aromatic rings. The topological polar surface area (TPSA) is 259 Å². The van der Waals surface area contributed by atoms with Crippen LogP contribution in [0.1, 0.15) is 185 Å². The van der Waals surface area contributed by atoms with Crippen molar-refractivity contribution in [2.75, 3.05) is 68.5 Å². The third kappa shape index (κ3) is 24.0. The van der Waals surface area contributed by atoms with Gasteiger partial charge in [-0.3, -0.25) is 52.7 Å². The van der Waals surface area contributed by atoms with Gasteiger partial charge in [0.15, 0.2) is 0 Å². The highest BCUT2D eigenvalue weighted by atomic mass is 35.5. The molecule has 11 amide bonds. The zero-order valence-electron chi connectivity index (χ0n) is 57.6. The number of amides is 11. The van der Waals surface area contributed by atoms with Gasteiger partial charge in [0, 0.05) is 66.7 Å². The van der Waals surface area contributed by atoms with Gasteiger partial charge in [0.05, 0.1) is 25.6 Å². The minimum atomic E-state index is -4.35. The molecule has 91 heavy (non-hydrogen) atoms.